The van der Waals surface area contributed by atoms with Crippen molar-refractivity contribution in [2.75, 3.05) is 6.61 Å². The van der Waals surface area contributed by atoms with Crippen molar-refractivity contribution in [1.29, 1.82) is 0 Å². The van der Waals surface area contributed by atoms with E-state index in [-0.39, 0.29) is 5.78 Å². The largest absolute Gasteiger partial charge is 0.394 e. The molecule has 0 aromatic rings. The normalized spacial score (nSPS) is 40.3. The molecule has 1 saturated carbocycles. The van der Waals surface area contributed by atoms with Gasteiger partial charge in [0.05, 0.1) is 12.7 Å². The summed E-state index contributed by atoms with van der Waals surface area (Å²) < 4.78 is 5.70. The third kappa shape index (κ3) is 5.51. The molecule has 1 aliphatic heterocycles. The first kappa shape index (κ1) is 22.8. The first-order valence-corrected chi connectivity index (χ1v) is 10.8. The van der Waals surface area contributed by atoms with E-state index in [0.29, 0.717) is 24.7 Å². The van der Waals surface area contributed by atoms with Crippen LogP contribution in [0.1, 0.15) is 71.6 Å². The number of rotatable bonds is 9. The zero-order valence-corrected chi connectivity index (χ0v) is 16.8. The quantitative estimate of drug-likeness (QED) is 0.450. The van der Waals surface area contributed by atoms with E-state index in [2.05, 4.69) is 13.8 Å². The van der Waals surface area contributed by atoms with Crippen LogP contribution in [0.15, 0.2) is 0 Å². The van der Waals surface area contributed by atoms with E-state index in [0.717, 1.165) is 38.5 Å². The van der Waals surface area contributed by atoms with Crippen molar-refractivity contribution in [1.82, 2.24) is 0 Å². The van der Waals surface area contributed by atoms with Gasteiger partial charge in [0.25, 0.3) is 0 Å². The number of ketones is 1. The SMILES string of the molecule is CCCCCC1CC(=O)C([C@@H]2O[C@H](CO)[C@@H](O)[C@H](O)[C@H]2O)CC1CCCC. The van der Waals surface area contributed by atoms with Gasteiger partial charge in [-0.05, 0) is 24.7 Å². The maximum Gasteiger partial charge on any atom is 0.138 e. The molecular weight excluding hydrogens is 348 g/mol. The van der Waals surface area contributed by atoms with Gasteiger partial charge in [-0.3, -0.25) is 4.79 Å². The molecule has 6 heteroatoms. The van der Waals surface area contributed by atoms with Gasteiger partial charge in [-0.25, -0.2) is 0 Å². The second-order valence-corrected chi connectivity index (χ2v) is 8.46. The van der Waals surface area contributed by atoms with Crippen LogP contribution in [-0.2, 0) is 9.53 Å². The lowest BCUT2D eigenvalue weighted by Crippen LogP contribution is -2.61. The van der Waals surface area contributed by atoms with E-state index in [1.165, 1.54) is 6.42 Å². The van der Waals surface area contributed by atoms with Gasteiger partial charge in [-0.1, -0.05) is 52.4 Å². The summed E-state index contributed by atoms with van der Waals surface area (Å²) in [6.45, 7) is 3.88. The third-order valence-corrected chi connectivity index (χ3v) is 6.53. The van der Waals surface area contributed by atoms with Gasteiger partial charge in [0.15, 0.2) is 0 Å². The standard InChI is InChI=1S/C21H38O6/c1-3-5-7-9-14-11-16(23)15(10-13(14)8-6-4-2)21-20(26)19(25)18(24)17(12-22)27-21/h13-15,17-22,24-26H,3-12H2,1-2H3/t13?,14?,15?,17-,18-,19+,20-,21+/m1/s1. The second kappa shape index (κ2) is 10.9. The summed E-state index contributed by atoms with van der Waals surface area (Å²) in [4.78, 5) is 12.9. The molecule has 4 N–H and O–H groups in total. The van der Waals surface area contributed by atoms with Crippen LogP contribution in [0.3, 0.4) is 0 Å². The Hall–Kier alpha value is -0.530. The summed E-state index contributed by atoms with van der Waals surface area (Å²) in [6.07, 6.45) is 3.06. The molecule has 2 rings (SSSR count). The number of aliphatic hydroxyl groups excluding tert-OH is 4. The van der Waals surface area contributed by atoms with E-state index < -0.39 is 43.0 Å². The highest BCUT2D eigenvalue weighted by Crippen LogP contribution is 2.41. The maximum absolute atomic E-state index is 12.9. The molecule has 3 unspecified atom stereocenters. The minimum absolute atomic E-state index is 0.0774. The van der Waals surface area contributed by atoms with E-state index in [9.17, 15) is 25.2 Å². The monoisotopic (exact) mass is 386 g/mol. The molecule has 0 bridgehead atoms. The number of carbonyl (C=O) groups is 1. The summed E-state index contributed by atoms with van der Waals surface area (Å²) in [5.74, 6) is 0.391. The predicted octanol–water partition coefficient (Wildman–Crippen LogP) is 1.81. The van der Waals surface area contributed by atoms with Gasteiger partial charge in [0, 0.05) is 12.3 Å². The lowest BCUT2D eigenvalue weighted by atomic mass is 9.67. The van der Waals surface area contributed by atoms with Crippen molar-refractivity contribution in [3.63, 3.8) is 0 Å². The van der Waals surface area contributed by atoms with Crippen molar-refractivity contribution >= 4 is 5.78 Å². The molecule has 0 radical (unpaired) electrons. The highest BCUT2D eigenvalue weighted by atomic mass is 16.5. The summed E-state index contributed by atoms with van der Waals surface area (Å²) in [6, 6.07) is 0. The van der Waals surface area contributed by atoms with E-state index in [1.807, 2.05) is 0 Å². The molecule has 2 aliphatic rings. The molecule has 8 atom stereocenters. The Morgan fingerprint density at radius 2 is 1.59 bits per heavy atom. The van der Waals surface area contributed by atoms with Crippen molar-refractivity contribution in [3.8, 4) is 0 Å². The molecule has 0 spiro atoms. The van der Waals surface area contributed by atoms with Gasteiger partial charge in [0.2, 0.25) is 0 Å². The molecule has 158 valence electrons. The zero-order chi connectivity index (χ0) is 20.0. The molecule has 0 amide bonds. The van der Waals surface area contributed by atoms with Gasteiger partial charge in [-0.2, -0.15) is 0 Å². The van der Waals surface area contributed by atoms with Crippen LogP contribution in [0.25, 0.3) is 0 Å². The third-order valence-electron chi connectivity index (χ3n) is 6.53. The molecule has 1 heterocycles. The second-order valence-electron chi connectivity index (χ2n) is 8.46. The highest BCUT2D eigenvalue weighted by molar-refractivity contribution is 5.82. The number of carbonyl (C=O) groups excluding carboxylic acids is 1. The van der Waals surface area contributed by atoms with E-state index in [4.69, 9.17) is 4.74 Å². The van der Waals surface area contributed by atoms with Crippen LogP contribution in [0.2, 0.25) is 0 Å². The van der Waals surface area contributed by atoms with Crippen molar-refractivity contribution in [2.45, 2.75) is 102 Å². The molecular formula is C21H38O6. The van der Waals surface area contributed by atoms with Crippen LogP contribution >= 0.6 is 0 Å². The Bertz CT molecular complexity index is 454. The van der Waals surface area contributed by atoms with Crippen LogP contribution < -0.4 is 0 Å². The fourth-order valence-corrected chi connectivity index (χ4v) is 4.82. The summed E-state index contributed by atoms with van der Waals surface area (Å²) >= 11 is 0. The fourth-order valence-electron chi connectivity index (χ4n) is 4.82. The predicted molar refractivity (Wildman–Crippen MR) is 102 cm³/mol. The zero-order valence-electron chi connectivity index (χ0n) is 16.8. The summed E-state index contributed by atoms with van der Waals surface area (Å²) in [7, 11) is 0. The lowest BCUT2D eigenvalue weighted by molar-refractivity contribution is -0.242. The van der Waals surface area contributed by atoms with Gasteiger partial charge in [0.1, 0.15) is 30.2 Å². The molecule has 1 saturated heterocycles. The van der Waals surface area contributed by atoms with Crippen molar-refractivity contribution in [2.24, 2.45) is 17.8 Å². The van der Waals surface area contributed by atoms with E-state index in [1.54, 1.807) is 0 Å². The topological polar surface area (TPSA) is 107 Å². The number of hydrogen-bond donors (Lipinski definition) is 4. The first-order chi connectivity index (χ1) is 12.9. The minimum atomic E-state index is -1.41. The molecule has 1 aliphatic carbocycles. The number of Topliss-reactive ketones (excluding diaryl/α,β-unsaturated/α-hetero) is 1. The maximum atomic E-state index is 12.9. The van der Waals surface area contributed by atoms with Gasteiger partial charge >= 0.3 is 0 Å². The van der Waals surface area contributed by atoms with Gasteiger partial charge < -0.3 is 25.2 Å². The Morgan fingerprint density at radius 3 is 2.22 bits per heavy atom. The number of hydrogen-bond acceptors (Lipinski definition) is 6. The highest BCUT2D eigenvalue weighted by Gasteiger charge is 2.50. The molecule has 0 aromatic carbocycles. The first-order valence-electron chi connectivity index (χ1n) is 10.8. The Balaban J connectivity index is 2.10. The number of unbranched alkanes of at least 4 members (excludes halogenated alkanes) is 3. The number of aliphatic hydroxyl groups is 4. The summed E-state index contributed by atoms with van der Waals surface area (Å²) in [5, 5.41) is 39.9. The molecule has 6 nitrogen and oxygen atoms in total. The fraction of sp³-hybridized carbons (Fsp3) is 0.952. The minimum Gasteiger partial charge on any atom is -0.394 e. The smallest absolute Gasteiger partial charge is 0.138 e. The summed E-state index contributed by atoms with van der Waals surface area (Å²) in [5.41, 5.74) is 0. The Morgan fingerprint density at radius 1 is 0.926 bits per heavy atom. The van der Waals surface area contributed by atoms with Crippen LogP contribution in [0, 0.1) is 17.8 Å². The van der Waals surface area contributed by atoms with E-state index >= 15 is 0 Å². The average molecular weight is 387 g/mol. The Labute approximate surface area is 162 Å². The van der Waals surface area contributed by atoms with Crippen LogP contribution in [0.4, 0.5) is 0 Å². The van der Waals surface area contributed by atoms with Crippen LogP contribution in [0.5, 0.6) is 0 Å². The molecule has 0 aromatic heterocycles. The Kier molecular flexibility index (Phi) is 9.16. The van der Waals surface area contributed by atoms with Crippen molar-refractivity contribution in [3.05, 3.63) is 0 Å². The van der Waals surface area contributed by atoms with Gasteiger partial charge in [-0.15, -0.1) is 0 Å². The molecule has 2 fully saturated rings. The lowest BCUT2D eigenvalue weighted by Gasteiger charge is -2.46. The molecule has 27 heavy (non-hydrogen) atoms. The average Bonchev–Trinajstić information content (AvgIpc) is 2.66. The van der Waals surface area contributed by atoms with Crippen LogP contribution in [-0.4, -0.2) is 63.3 Å². The van der Waals surface area contributed by atoms with Crippen molar-refractivity contribution < 1.29 is 30.0 Å². The number of ether oxygens (including phenoxy) is 1.